The second kappa shape index (κ2) is 8.92. The smallest absolute Gasteiger partial charge is 0.159 e. The van der Waals surface area contributed by atoms with E-state index in [1.165, 1.54) is 0 Å². The molecule has 1 unspecified atom stereocenters. The van der Waals surface area contributed by atoms with E-state index in [2.05, 4.69) is 41.7 Å². The maximum Gasteiger partial charge on any atom is 0.159 e. The van der Waals surface area contributed by atoms with Gasteiger partial charge in [-0.05, 0) is 28.1 Å². The molecule has 1 heterocycles. The molecule has 0 saturated heterocycles. The van der Waals surface area contributed by atoms with Crippen molar-refractivity contribution in [3.8, 4) is 16.9 Å². The van der Waals surface area contributed by atoms with Crippen LogP contribution >= 0.6 is 0 Å². The van der Waals surface area contributed by atoms with Crippen molar-refractivity contribution in [2.24, 2.45) is 9.98 Å². The Morgan fingerprint density at radius 2 is 1.26 bits per heavy atom. The molecule has 1 aliphatic rings. The second-order valence-corrected chi connectivity index (χ2v) is 8.49. The van der Waals surface area contributed by atoms with Gasteiger partial charge in [0.05, 0.1) is 0 Å². The number of hydrogen-bond acceptors (Lipinski definition) is 4. The predicted octanol–water partition coefficient (Wildman–Crippen LogP) is 6.71. The van der Waals surface area contributed by atoms with Crippen molar-refractivity contribution >= 4 is 22.4 Å². The molecular weight excluding hydrogens is 430 g/mol. The Hall–Kier alpha value is -4.70. The number of rotatable bonds is 4. The van der Waals surface area contributed by atoms with E-state index in [0.29, 0.717) is 5.84 Å². The summed E-state index contributed by atoms with van der Waals surface area (Å²) in [5.41, 5.74) is 5.07. The number of phenolic OH excluding ortho intramolecular Hbond substituents is 1. The average molecular weight is 454 g/mol. The lowest BCUT2D eigenvalue weighted by atomic mass is 9.96. The van der Waals surface area contributed by atoms with Crippen molar-refractivity contribution in [3.63, 3.8) is 0 Å². The van der Waals surface area contributed by atoms with E-state index >= 15 is 0 Å². The van der Waals surface area contributed by atoms with Gasteiger partial charge in [-0.1, -0.05) is 115 Å². The largest absolute Gasteiger partial charge is 0.507 e. The fourth-order valence-corrected chi connectivity index (χ4v) is 4.49. The molecule has 35 heavy (non-hydrogen) atoms. The Kier molecular flexibility index (Phi) is 5.32. The van der Waals surface area contributed by atoms with Crippen LogP contribution in [0.3, 0.4) is 0 Å². The number of fused-ring (bicyclic) bond motifs is 1. The van der Waals surface area contributed by atoms with E-state index in [4.69, 9.17) is 9.98 Å². The third kappa shape index (κ3) is 4.06. The maximum atomic E-state index is 10.5. The molecule has 0 amide bonds. The molecular formula is C31H23N3O. The highest BCUT2D eigenvalue weighted by atomic mass is 16.3. The highest BCUT2D eigenvalue weighted by molar-refractivity contribution is 6.13. The molecule has 5 aromatic rings. The number of hydrogen-bond donors (Lipinski definition) is 2. The van der Waals surface area contributed by atoms with E-state index in [0.717, 1.165) is 44.4 Å². The molecule has 0 bridgehead atoms. The molecule has 5 aromatic carbocycles. The summed E-state index contributed by atoms with van der Waals surface area (Å²) in [5.74, 6) is 1.77. The quantitative estimate of drug-likeness (QED) is 0.318. The number of aromatic hydroxyl groups is 1. The zero-order valence-corrected chi connectivity index (χ0v) is 19.0. The number of benzene rings is 5. The lowest BCUT2D eigenvalue weighted by Crippen LogP contribution is -2.33. The first-order chi connectivity index (χ1) is 17.3. The summed E-state index contributed by atoms with van der Waals surface area (Å²) in [4.78, 5) is 9.78. The fraction of sp³-hybridized carbons (Fsp3) is 0.0323. The van der Waals surface area contributed by atoms with Crippen LogP contribution in [0.2, 0.25) is 0 Å². The summed E-state index contributed by atoms with van der Waals surface area (Å²) in [6.07, 6.45) is -0.228. The molecule has 0 aliphatic carbocycles. The second-order valence-electron chi connectivity index (χ2n) is 8.49. The molecule has 0 spiro atoms. The fourth-order valence-electron chi connectivity index (χ4n) is 4.49. The highest BCUT2D eigenvalue weighted by Crippen LogP contribution is 2.34. The van der Waals surface area contributed by atoms with Gasteiger partial charge in [0.25, 0.3) is 0 Å². The van der Waals surface area contributed by atoms with Crippen LogP contribution in [0.15, 0.2) is 131 Å². The van der Waals surface area contributed by atoms with Crippen LogP contribution < -0.4 is 5.32 Å². The first kappa shape index (κ1) is 20.9. The molecule has 1 atom stereocenters. The van der Waals surface area contributed by atoms with Crippen LogP contribution in [-0.4, -0.2) is 16.8 Å². The van der Waals surface area contributed by atoms with E-state index in [-0.39, 0.29) is 11.9 Å². The lowest BCUT2D eigenvalue weighted by molar-refractivity contribution is 0.482. The summed E-state index contributed by atoms with van der Waals surface area (Å²) in [5, 5.41) is 15.9. The van der Waals surface area contributed by atoms with Gasteiger partial charge in [-0.3, -0.25) is 0 Å². The van der Waals surface area contributed by atoms with Gasteiger partial charge in [-0.2, -0.15) is 0 Å². The van der Waals surface area contributed by atoms with Crippen LogP contribution in [-0.2, 0) is 0 Å². The number of phenols is 1. The Bertz CT molecular complexity index is 1550. The minimum absolute atomic E-state index is 0.228. The summed E-state index contributed by atoms with van der Waals surface area (Å²) in [6.45, 7) is 0. The predicted molar refractivity (Wildman–Crippen MR) is 143 cm³/mol. The SMILES string of the molecule is Oc1cccc2cccc(-c3ccc(C4=NC(c5ccccc5)=NC(c5ccccc5)N4)cc3)c12. The van der Waals surface area contributed by atoms with Crippen LogP contribution in [0, 0.1) is 0 Å². The van der Waals surface area contributed by atoms with E-state index < -0.39 is 0 Å². The first-order valence-corrected chi connectivity index (χ1v) is 11.6. The number of nitrogens with one attached hydrogen (secondary N) is 1. The Morgan fingerprint density at radius 1 is 0.600 bits per heavy atom. The van der Waals surface area contributed by atoms with Gasteiger partial charge < -0.3 is 10.4 Å². The van der Waals surface area contributed by atoms with Gasteiger partial charge in [0, 0.05) is 16.5 Å². The molecule has 0 aromatic heterocycles. The Balaban J connectivity index is 1.39. The Morgan fingerprint density at radius 3 is 2.00 bits per heavy atom. The van der Waals surface area contributed by atoms with Crippen molar-refractivity contribution in [2.75, 3.05) is 0 Å². The van der Waals surface area contributed by atoms with Gasteiger partial charge in [0.1, 0.15) is 17.8 Å². The van der Waals surface area contributed by atoms with Crippen LogP contribution in [0.25, 0.3) is 21.9 Å². The maximum absolute atomic E-state index is 10.5. The molecule has 2 N–H and O–H groups in total. The highest BCUT2D eigenvalue weighted by Gasteiger charge is 2.21. The topological polar surface area (TPSA) is 57.0 Å². The third-order valence-electron chi connectivity index (χ3n) is 6.24. The normalized spacial score (nSPS) is 15.3. The van der Waals surface area contributed by atoms with Gasteiger partial charge in [-0.15, -0.1) is 0 Å². The van der Waals surface area contributed by atoms with Gasteiger partial charge in [0.2, 0.25) is 0 Å². The number of aliphatic imine (C=N–C) groups is 2. The van der Waals surface area contributed by atoms with Crippen molar-refractivity contribution in [2.45, 2.75) is 6.17 Å². The van der Waals surface area contributed by atoms with Crippen molar-refractivity contribution < 1.29 is 5.11 Å². The van der Waals surface area contributed by atoms with Crippen LogP contribution in [0.4, 0.5) is 0 Å². The zero-order valence-electron chi connectivity index (χ0n) is 19.0. The Labute approximate surface area is 204 Å². The van der Waals surface area contributed by atoms with E-state index in [9.17, 15) is 5.11 Å². The minimum atomic E-state index is -0.228. The van der Waals surface area contributed by atoms with Crippen molar-refractivity contribution in [1.29, 1.82) is 0 Å². The molecule has 0 fully saturated rings. The molecule has 6 rings (SSSR count). The number of amidine groups is 2. The lowest BCUT2D eigenvalue weighted by Gasteiger charge is -2.23. The average Bonchev–Trinajstić information content (AvgIpc) is 2.94. The summed E-state index contributed by atoms with van der Waals surface area (Å²) < 4.78 is 0. The minimum Gasteiger partial charge on any atom is -0.507 e. The zero-order chi connectivity index (χ0) is 23.6. The van der Waals surface area contributed by atoms with Gasteiger partial charge in [0.15, 0.2) is 5.84 Å². The van der Waals surface area contributed by atoms with Crippen molar-refractivity contribution in [1.82, 2.24) is 5.32 Å². The first-order valence-electron chi connectivity index (χ1n) is 11.6. The van der Waals surface area contributed by atoms with Crippen molar-refractivity contribution in [3.05, 3.63) is 138 Å². The molecule has 168 valence electrons. The molecule has 0 radical (unpaired) electrons. The van der Waals surface area contributed by atoms with Crippen LogP contribution in [0.5, 0.6) is 5.75 Å². The summed E-state index contributed by atoms with van der Waals surface area (Å²) >= 11 is 0. The standard InChI is InChI=1S/C31H23N3O/c35-27-16-8-14-22-13-7-15-26(28(22)27)21-17-19-25(20-18-21)31-33-29(23-9-3-1-4-10-23)32-30(34-31)24-11-5-2-6-12-24/h1-20,29,35H,(H,32,33,34). The number of nitrogens with zero attached hydrogens (tertiary/aromatic N) is 2. The summed E-state index contributed by atoms with van der Waals surface area (Å²) in [6, 6.07) is 40.2. The summed E-state index contributed by atoms with van der Waals surface area (Å²) in [7, 11) is 0. The third-order valence-corrected chi connectivity index (χ3v) is 6.24. The molecule has 4 nitrogen and oxygen atoms in total. The molecule has 4 heteroatoms. The van der Waals surface area contributed by atoms with Gasteiger partial charge >= 0.3 is 0 Å². The monoisotopic (exact) mass is 453 g/mol. The van der Waals surface area contributed by atoms with E-state index in [1.807, 2.05) is 78.9 Å². The van der Waals surface area contributed by atoms with Crippen LogP contribution in [0.1, 0.15) is 22.9 Å². The van der Waals surface area contributed by atoms with E-state index in [1.54, 1.807) is 6.07 Å². The molecule has 1 aliphatic heterocycles. The van der Waals surface area contributed by atoms with Gasteiger partial charge in [-0.25, -0.2) is 9.98 Å². The molecule has 0 saturated carbocycles.